The Balaban J connectivity index is 1.82. The number of nitrogens with zero attached hydrogens (tertiary/aromatic N) is 2. The Labute approximate surface area is 202 Å². The summed E-state index contributed by atoms with van der Waals surface area (Å²) in [5, 5.41) is 13.6. The van der Waals surface area contributed by atoms with Crippen LogP contribution >= 0.6 is 0 Å². The molecule has 0 aliphatic carbocycles. The molecule has 1 aliphatic heterocycles. The average Bonchev–Trinajstić information content (AvgIpc) is 3.26. The van der Waals surface area contributed by atoms with Crippen molar-refractivity contribution < 1.29 is 24.1 Å². The van der Waals surface area contributed by atoms with Crippen LogP contribution < -0.4 is 14.8 Å². The Morgan fingerprint density at radius 2 is 1.83 bits per heavy atom. The monoisotopic (exact) mass is 471 g/mol. The maximum atomic E-state index is 13.5. The molecule has 0 amide bonds. The molecule has 2 N–H and O–H groups in total. The maximum absolute atomic E-state index is 13.5. The fourth-order valence-electron chi connectivity index (χ4n) is 4.43. The van der Waals surface area contributed by atoms with Crippen molar-refractivity contribution in [1.82, 2.24) is 9.55 Å². The largest absolute Gasteiger partial charge is 0.504 e. The minimum Gasteiger partial charge on any atom is -0.504 e. The van der Waals surface area contributed by atoms with E-state index in [-0.39, 0.29) is 12.4 Å². The number of fused-ring (bicyclic) bond motifs is 3. The molecule has 0 bridgehead atoms. The van der Waals surface area contributed by atoms with Crippen molar-refractivity contribution in [3.8, 4) is 17.2 Å². The SMILES string of the molecule is CCOC(=O)C1=C(c2ccc(OC)cc2)Nc2nc3ccccc3n2[C@@H]1c1ccc(O)c(OC)c1. The van der Waals surface area contributed by atoms with Crippen LogP contribution in [0.1, 0.15) is 24.1 Å². The Hall–Kier alpha value is -4.46. The van der Waals surface area contributed by atoms with Gasteiger partial charge >= 0.3 is 5.97 Å². The maximum Gasteiger partial charge on any atom is 0.338 e. The van der Waals surface area contributed by atoms with Crippen LogP contribution in [-0.2, 0) is 9.53 Å². The van der Waals surface area contributed by atoms with E-state index in [2.05, 4.69) is 5.32 Å². The Morgan fingerprint density at radius 3 is 2.54 bits per heavy atom. The highest BCUT2D eigenvalue weighted by Gasteiger charge is 2.37. The molecule has 1 atom stereocenters. The molecule has 3 aromatic carbocycles. The second-order valence-corrected chi connectivity index (χ2v) is 7.99. The summed E-state index contributed by atoms with van der Waals surface area (Å²) < 4.78 is 18.2. The molecule has 8 nitrogen and oxygen atoms in total. The number of ether oxygens (including phenoxy) is 3. The molecule has 0 fully saturated rings. The van der Waals surface area contributed by atoms with Gasteiger partial charge in [0.2, 0.25) is 5.95 Å². The van der Waals surface area contributed by atoms with Gasteiger partial charge in [-0.1, -0.05) is 18.2 Å². The van der Waals surface area contributed by atoms with Gasteiger partial charge < -0.3 is 24.6 Å². The Bertz CT molecular complexity index is 1440. The number of methoxy groups -OCH3 is 2. The van der Waals surface area contributed by atoms with Crippen LogP contribution in [0, 0.1) is 0 Å². The molecule has 8 heteroatoms. The number of rotatable bonds is 6. The van der Waals surface area contributed by atoms with Crippen molar-refractivity contribution in [2.45, 2.75) is 13.0 Å². The number of phenols is 1. The molecule has 1 aromatic heterocycles. The molecule has 2 heterocycles. The Morgan fingerprint density at radius 1 is 1.06 bits per heavy atom. The first-order valence-corrected chi connectivity index (χ1v) is 11.2. The van der Waals surface area contributed by atoms with E-state index in [1.165, 1.54) is 7.11 Å². The lowest BCUT2D eigenvalue weighted by Gasteiger charge is -2.31. The smallest absolute Gasteiger partial charge is 0.338 e. The first-order valence-electron chi connectivity index (χ1n) is 11.2. The molecule has 0 saturated carbocycles. The predicted molar refractivity (Wildman–Crippen MR) is 133 cm³/mol. The zero-order valence-corrected chi connectivity index (χ0v) is 19.6. The number of para-hydroxylation sites is 2. The third-order valence-electron chi connectivity index (χ3n) is 6.03. The van der Waals surface area contributed by atoms with Crippen molar-refractivity contribution >= 4 is 28.6 Å². The fraction of sp³-hybridized carbons (Fsp3) is 0.185. The first-order chi connectivity index (χ1) is 17.0. The van der Waals surface area contributed by atoms with Gasteiger partial charge in [-0.25, -0.2) is 9.78 Å². The molecule has 4 aromatic rings. The van der Waals surface area contributed by atoms with Crippen LogP contribution in [0.3, 0.4) is 0 Å². The fourth-order valence-corrected chi connectivity index (χ4v) is 4.43. The first kappa shape index (κ1) is 22.3. The molecule has 0 saturated heterocycles. The normalized spacial score (nSPS) is 14.9. The second kappa shape index (κ2) is 9.06. The summed E-state index contributed by atoms with van der Waals surface area (Å²) in [7, 11) is 3.10. The quantitative estimate of drug-likeness (QED) is 0.392. The standard InChI is InChI=1S/C27H25N3O5/c1-4-35-26(32)23-24(16-9-12-18(33-2)13-10-16)29-27-28-19-7-5-6-8-20(19)30(27)25(23)17-11-14-21(31)22(15-17)34-3/h5-15,25,31H,4H2,1-3H3,(H,28,29)/t25-/m1/s1. The molecular weight excluding hydrogens is 446 g/mol. The third kappa shape index (κ3) is 3.82. The zero-order valence-electron chi connectivity index (χ0n) is 19.6. The molecule has 5 rings (SSSR count). The zero-order chi connectivity index (χ0) is 24.5. The summed E-state index contributed by atoms with van der Waals surface area (Å²) in [6.07, 6.45) is 0. The van der Waals surface area contributed by atoms with E-state index in [9.17, 15) is 9.90 Å². The minimum absolute atomic E-state index is 0.0120. The average molecular weight is 472 g/mol. The van der Waals surface area contributed by atoms with Crippen molar-refractivity contribution in [3.63, 3.8) is 0 Å². The predicted octanol–water partition coefficient (Wildman–Crippen LogP) is 4.75. The number of carbonyl (C=O) groups excluding carboxylic acids is 1. The van der Waals surface area contributed by atoms with Gasteiger partial charge in [0.15, 0.2) is 11.5 Å². The summed E-state index contributed by atoms with van der Waals surface area (Å²) in [6, 6.07) is 19.6. The summed E-state index contributed by atoms with van der Waals surface area (Å²) >= 11 is 0. The number of phenolic OH excluding ortho intramolecular Hbond substituents is 1. The number of anilines is 1. The van der Waals surface area contributed by atoms with E-state index in [0.717, 1.165) is 22.2 Å². The van der Waals surface area contributed by atoms with E-state index in [4.69, 9.17) is 19.2 Å². The molecule has 1 aliphatic rings. The van der Waals surface area contributed by atoms with Crippen LogP contribution in [0.2, 0.25) is 0 Å². The van der Waals surface area contributed by atoms with Crippen molar-refractivity contribution in [2.24, 2.45) is 0 Å². The summed E-state index contributed by atoms with van der Waals surface area (Å²) in [5.41, 5.74) is 4.15. The van der Waals surface area contributed by atoms with E-state index < -0.39 is 12.0 Å². The molecule has 0 radical (unpaired) electrons. The lowest BCUT2D eigenvalue weighted by Crippen LogP contribution is -2.29. The number of aromatic nitrogens is 2. The van der Waals surface area contributed by atoms with Gasteiger partial charge in [0.1, 0.15) is 5.75 Å². The van der Waals surface area contributed by atoms with E-state index in [1.54, 1.807) is 32.2 Å². The number of hydrogen-bond donors (Lipinski definition) is 2. The topological polar surface area (TPSA) is 94.8 Å². The number of esters is 1. The van der Waals surface area contributed by atoms with Crippen molar-refractivity contribution in [2.75, 3.05) is 26.1 Å². The van der Waals surface area contributed by atoms with Gasteiger partial charge in [-0.2, -0.15) is 0 Å². The number of carbonyl (C=O) groups is 1. The molecule has 0 unspecified atom stereocenters. The number of aromatic hydroxyl groups is 1. The summed E-state index contributed by atoms with van der Waals surface area (Å²) in [5.74, 6) is 1.16. The number of nitrogens with one attached hydrogen (secondary N) is 1. The summed E-state index contributed by atoms with van der Waals surface area (Å²) in [4.78, 5) is 18.3. The molecular formula is C27H25N3O5. The van der Waals surface area contributed by atoms with Gasteiger partial charge in [-0.3, -0.25) is 4.57 Å². The van der Waals surface area contributed by atoms with Gasteiger partial charge in [0.25, 0.3) is 0 Å². The lowest BCUT2D eigenvalue weighted by molar-refractivity contribution is -0.138. The highest BCUT2D eigenvalue weighted by atomic mass is 16.5. The highest BCUT2D eigenvalue weighted by Crippen LogP contribution is 2.44. The third-order valence-corrected chi connectivity index (χ3v) is 6.03. The van der Waals surface area contributed by atoms with E-state index in [1.807, 2.05) is 53.1 Å². The highest BCUT2D eigenvalue weighted by molar-refractivity contribution is 6.03. The van der Waals surface area contributed by atoms with Crippen LogP contribution in [0.25, 0.3) is 16.7 Å². The number of benzene rings is 3. The van der Waals surface area contributed by atoms with Gasteiger partial charge in [0, 0.05) is 0 Å². The van der Waals surface area contributed by atoms with E-state index >= 15 is 0 Å². The minimum atomic E-state index is -0.593. The van der Waals surface area contributed by atoms with Crippen LogP contribution in [0.5, 0.6) is 17.2 Å². The molecule has 0 spiro atoms. The number of hydrogen-bond acceptors (Lipinski definition) is 7. The summed E-state index contributed by atoms with van der Waals surface area (Å²) in [6.45, 7) is 2.00. The van der Waals surface area contributed by atoms with Crippen molar-refractivity contribution in [3.05, 3.63) is 83.4 Å². The lowest BCUT2D eigenvalue weighted by atomic mass is 9.92. The van der Waals surface area contributed by atoms with Crippen LogP contribution in [0.4, 0.5) is 5.95 Å². The van der Waals surface area contributed by atoms with Crippen LogP contribution in [-0.4, -0.2) is 41.5 Å². The van der Waals surface area contributed by atoms with E-state index in [0.29, 0.717) is 28.7 Å². The van der Waals surface area contributed by atoms with Gasteiger partial charge in [-0.15, -0.1) is 0 Å². The Kier molecular flexibility index (Phi) is 5.78. The molecule has 35 heavy (non-hydrogen) atoms. The van der Waals surface area contributed by atoms with Crippen LogP contribution in [0.15, 0.2) is 72.3 Å². The second-order valence-electron chi connectivity index (χ2n) is 7.99. The van der Waals surface area contributed by atoms with Gasteiger partial charge in [0.05, 0.1) is 49.2 Å². The van der Waals surface area contributed by atoms with Gasteiger partial charge in [-0.05, 0) is 66.6 Å². The van der Waals surface area contributed by atoms with Crippen molar-refractivity contribution in [1.29, 1.82) is 0 Å². The molecule has 178 valence electrons. The number of imidazole rings is 1.